The van der Waals surface area contributed by atoms with Crippen molar-refractivity contribution in [1.82, 2.24) is 15.0 Å². The van der Waals surface area contributed by atoms with Crippen LogP contribution in [0.3, 0.4) is 0 Å². The van der Waals surface area contributed by atoms with Gasteiger partial charge in [0.15, 0.2) is 11.6 Å². The summed E-state index contributed by atoms with van der Waals surface area (Å²) in [5.74, 6) is 0.0336. The second-order valence-electron chi connectivity index (χ2n) is 8.48. The van der Waals surface area contributed by atoms with Gasteiger partial charge in [-0.05, 0) is 31.9 Å². The van der Waals surface area contributed by atoms with Gasteiger partial charge in [0.2, 0.25) is 5.89 Å². The Morgan fingerprint density at radius 3 is 2.73 bits per heavy atom. The zero-order valence-electron chi connectivity index (χ0n) is 18.0. The van der Waals surface area contributed by atoms with Crippen molar-refractivity contribution < 1.29 is 13.5 Å². The van der Waals surface area contributed by atoms with Crippen molar-refractivity contribution in [3.8, 4) is 11.5 Å². The van der Waals surface area contributed by atoms with Crippen LogP contribution in [0.5, 0.6) is 0 Å². The molecule has 11 heteroatoms. The van der Waals surface area contributed by atoms with Gasteiger partial charge in [-0.2, -0.15) is 4.39 Å². The maximum absolute atomic E-state index is 15.0. The van der Waals surface area contributed by atoms with E-state index in [1.54, 1.807) is 18.3 Å². The number of rotatable bonds is 4. The Bertz CT molecular complexity index is 1160. The van der Waals surface area contributed by atoms with Gasteiger partial charge in [0.25, 0.3) is 5.95 Å². The lowest BCUT2D eigenvalue weighted by Gasteiger charge is -2.41. The van der Waals surface area contributed by atoms with Crippen molar-refractivity contribution in [3.05, 3.63) is 41.6 Å². The molecule has 0 saturated carbocycles. The van der Waals surface area contributed by atoms with Crippen LogP contribution >= 0.6 is 23.4 Å². The van der Waals surface area contributed by atoms with Crippen LogP contribution in [-0.4, -0.2) is 46.8 Å². The first kappa shape index (κ1) is 22.4. The van der Waals surface area contributed by atoms with Crippen LogP contribution in [0.4, 0.5) is 16.0 Å². The van der Waals surface area contributed by atoms with Crippen LogP contribution in [0, 0.1) is 11.4 Å². The maximum atomic E-state index is 15.0. The average Bonchev–Trinajstić information content (AvgIpc) is 3.44. The highest BCUT2D eigenvalue weighted by molar-refractivity contribution is 7.99. The normalized spacial score (nSPS) is 22.2. The molecule has 33 heavy (non-hydrogen) atoms. The number of hydrogen-bond donors (Lipinski definition) is 2. The van der Waals surface area contributed by atoms with Crippen LogP contribution in [0.2, 0.25) is 5.02 Å². The number of aromatic nitrogens is 3. The van der Waals surface area contributed by atoms with Crippen LogP contribution < -0.4 is 16.4 Å². The highest BCUT2D eigenvalue weighted by Gasteiger charge is 2.47. The highest BCUT2D eigenvalue weighted by Crippen LogP contribution is 2.43. The number of anilines is 2. The van der Waals surface area contributed by atoms with Crippen molar-refractivity contribution in [2.24, 2.45) is 11.1 Å². The van der Waals surface area contributed by atoms with Crippen molar-refractivity contribution in [2.75, 3.05) is 30.3 Å². The molecule has 0 aliphatic carbocycles. The van der Waals surface area contributed by atoms with Crippen LogP contribution in [0.25, 0.3) is 11.5 Å². The minimum absolute atomic E-state index is 0.0173. The van der Waals surface area contributed by atoms with Gasteiger partial charge < -0.3 is 25.5 Å². The van der Waals surface area contributed by atoms with E-state index in [0.29, 0.717) is 41.1 Å². The minimum atomic E-state index is -0.664. The van der Waals surface area contributed by atoms with E-state index in [0.717, 1.165) is 24.6 Å². The van der Waals surface area contributed by atoms with Gasteiger partial charge in [-0.1, -0.05) is 29.4 Å². The average molecular weight is 491 g/mol. The first-order valence-corrected chi connectivity index (χ1v) is 11.9. The summed E-state index contributed by atoms with van der Waals surface area (Å²) >= 11 is 7.69. The van der Waals surface area contributed by atoms with Crippen molar-refractivity contribution in [3.63, 3.8) is 0 Å². The molecule has 2 atom stereocenters. The molecule has 4 N–H and O–H groups in total. The minimum Gasteiger partial charge on any atom is -0.444 e. The quantitative estimate of drug-likeness (QED) is 0.559. The molecule has 0 radical (unpaired) electrons. The second kappa shape index (κ2) is 8.75. The molecule has 1 spiro atoms. The van der Waals surface area contributed by atoms with E-state index >= 15 is 4.39 Å². The first-order valence-electron chi connectivity index (χ1n) is 10.7. The smallest absolute Gasteiger partial charge is 0.257 e. The fourth-order valence-electron chi connectivity index (χ4n) is 4.53. The molecule has 0 amide bonds. The maximum Gasteiger partial charge on any atom is 0.257 e. The first-order chi connectivity index (χ1) is 15.9. The van der Waals surface area contributed by atoms with Gasteiger partial charge in [0.1, 0.15) is 11.3 Å². The van der Waals surface area contributed by atoms with Crippen molar-refractivity contribution in [2.45, 2.75) is 41.8 Å². The topological polar surface area (TPSA) is 116 Å². The predicted molar refractivity (Wildman–Crippen MR) is 125 cm³/mol. The summed E-state index contributed by atoms with van der Waals surface area (Å²) in [6, 6.07) is 5.38. The number of nitrogens with two attached hydrogens (primary N) is 2. The summed E-state index contributed by atoms with van der Waals surface area (Å²) in [6.07, 6.45) is 4.66. The molecular weight excluding hydrogens is 467 g/mol. The van der Waals surface area contributed by atoms with Gasteiger partial charge in [0.05, 0.1) is 29.5 Å². The molecule has 2 aromatic heterocycles. The molecule has 174 valence electrons. The van der Waals surface area contributed by atoms with E-state index in [1.165, 1.54) is 6.26 Å². The summed E-state index contributed by atoms with van der Waals surface area (Å²) in [6.45, 7) is 3.88. The SMILES string of the molecule is C[C@@H]1OCC2(CCN(c3nc(N)c(Sc4cccc(-c5ncco5)c4Cl)nc3F)CC2)[C@@H]1N. The lowest BCUT2D eigenvalue weighted by Crippen LogP contribution is -2.51. The Hall–Kier alpha value is -2.40. The van der Waals surface area contributed by atoms with E-state index in [9.17, 15) is 0 Å². The fraction of sp³-hybridized carbons (Fsp3) is 0.409. The molecule has 2 fully saturated rings. The summed E-state index contributed by atoms with van der Waals surface area (Å²) in [7, 11) is 0. The molecule has 4 heterocycles. The zero-order valence-corrected chi connectivity index (χ0v) is 19.6. The summed E-state index contributed by atoms with van der Waals surface area (Å²) < 4.78 is 26.1. The van der Waals surface area contributed by atoms with Crippen LogP contribution in [0.15, 0.2) is 45.0 Å². The number of ether oxygens (including phenoxy) is 1. The molecule has 0 unspecified atom stereocenters. The molecule has 0 bridgehead atoms. The molecule has 1 aromatic carbocycles. The number of hydrogen-bond acceptors (Lipinski definition) is 9. The van der Waals surface area contributed by atoms with E-state index < -0.39 is 5.95 Å². The number of nitrogen functional groups attached to an aromatic ring is 1. The Balaban J connectivity index is 1.35. The number of benzene rings is 1. The summed E-state index contributed by atoms with van der Waals surface area (Å²) in [5, 5.41) is 0.664. The predicted octanol–water partition coefficient (Wildman–Crippen LogP) is 3.99. The third-order valence-electron chi connectivity index (χ3n) is 6.57. The Morgan fingerprint density at radius 2 is 2.06 bits per heavy atom. The lowest BCUT2D eigenvalue weighted by molar-refractivity contribution is 0.0973. The van der Waals surface area contributed by atoms with Crippen molar-refractivity contribution >= 4 is 35.0 Å². The number of nitrogens with zero attached hydrogens (tertiary/aromatic N) is 4. The molecule has 2 saturated heterocycles. The van der Waals surface area contributed by atoms with Gasteiger partial charge in [-0.25, -0.2) is 15.0 Å². The molecule has 5 rings (SSSR count). The van der Waals surface area contributed by atoms with E-state index in [1.807, 2.05) is 17.9 Å². The highest BCUT2D eigenvalue weighted by atomic mass is 35.5. The Morgan fingerprint density at radius 1 is 1.27 bits per heavy atom. The molecule has 8 nitrogen and oxygen atoms in total. The Labute approximate surface area is 199 Å². The fourth-order valence-corrected chi connectivity index (χ4v) is 5.69. The number of halogens is 2. The second-order valence-corrected chi connectivity index (χ2v) is 9.89. The molecular formula is C22H24ClFN6O2S. The van der Waals surface area contributed by atoms with E-state index in [2.05, 4.69) is 15.0 Å². The number of oxazole rings is 1. The standard InChI is InChI=1S/C22H24ClFN6O2S/c1-12-16(25)22(11-32-12)5-8-30(9-6-22)19-17(24)28-21(18(26)29-19)33-14-4-2-3-13(15(14)23)20-27-7-10-31-20/h2-4,7,10,12,16H,5-6,8-9,11,25H2,1H3,(H2,26,29)/t12-,16+/m0/s1. The van der Waals surface area contributed by atoms with Gasteiger partial charge >= 0.3 is 0 Å². The van der Waals surface area contributed by atoms with Crippen LogP contribution in [-0.2, 0) is 4.74 Å². The van der Waals surface area contributed by atoms with Gasteiger partial charge in [0, 0.05) is 29.4 Å². The third kappa shape index (κ3) is 4.05. The molecule has 3 aromatic rings. The van der Waals surface area contributed by atoms with E-state index in [-0.39, 0.29) is 34.2 Å². The molecule has 2 aliphatic heterocycles. The monoisotopic (exact) mass is 490 g/mol. The van der Waals surface area contributed by atoms with Gasteiger partial charge in [-0.3, -0.25) is 0 Å². The summed E-state index contributed by atoms with van der Waals surface area (Å²) in [4.78, 5) is 15.1. The number of piperidine rings is 1. The lowest BCUT2D eigenvalue weighted by atomic mass is 9.73. The van der Waals surface area contributed by atoms with E-state index in [4.69, 9.17) is 32.2 Å². The summed E-state index contributed by atoms with van der Waals surface area (Å²) in [5.41, 5.74) is 13.1. The third-order valence-corrected chi connectivity index (χ3v) is 8.14. The largest absolute Gasteiger partial charge is 0.444 e. The molecule has 2 aliphatic rings. The van der Waals surface area contributed by atoms with Crippen molar-refractivity contribution in [1.29, 1.82) is 0 Å². The Kier molecular flexibility index (Phi) is 5.94. The van der Waals surface area contributed by atoms with Crippen LogP contribution in [0.1, 0.15) is 19.8 Å². The zero-order chi connectivity index (χ0) is 23.2. The van der Waals surface area contributed by atoms with Gasteiger partial charge in [-0.15, -0.1) is 0 Å².